The van der Waals surface area contributed by atoms with Gasteiger partial charge in [0.15, 0.2) is 0 Å². The highest BCUT2D eigenvalue weighted by Gasteiger charge is 2.10. The number of rotatable bonds is 2. The van der Waals surface area contributed by atoms with Gasteiger partial charge < -0.3 is 5.73 Å². The van der Waals surface area contributed by atoms with Crippen molar-refractivity contribution in [1.82, 2.24) is 9.88 Å². The van der Waals surface area contributed by atoms with Crippen LogP contribution in [0.25, 0.3) is 17.0 Å². The van der Waals surface area contributed by atoms with E-state index in [1.54, 1.807) is 6.07 Å². The first-order valence-electron chi connectivity index (χ1n) is 5.89. The Bertz CT molecular complexity index is 728. The second-order valence-corrected chi connectivity index (χ2v) is 4.17. The number of primary amides is 1. The zero-order valence-corrected chi connectivity index (χ0v) is 10.8. The SMILES string of the molecule is CC(=O)n1c(C=CC(=O)NC(N)=O)cc2ccccc21. The van der Waals surface area contributed by atoms with Crippen LogP contribution in [0.3, 0.4) is 0 Å². The molecule has 0 bridgehead atoms. The largest absolute Gasteiger partial charge is 0.351 e. The Kier molecular flexibility index (Phi) is 3.65. The summed E-state index contributed by atoms with van der Waals surface area (Å²) in [5.74, 6) is -0.806. The first-order valence-corrected chi connectivity index (χ1v) is 5.89. The van der Waals surface area contributed by atoms with E-state index in [-0.39, 0.29) is 5.91 Å². The van der Waals surface area contributed by atoms with Crippen molar-refractivity contribution in [3.63, 3.8) is 0 Å². The molecule has 2 aromatic rings. The number of carbonyl (C=O) groups excluding carboxylic acids is 3. The number of benzene rings is 1. The van der Waals surface area contributed by atoms with Crippen LogP contribution >= 0.6 is 0 Å². The van der Waals surface area contributed by atoms with E-state index in [4.69, 9.17) is 5.73 Å². The number of nitrogens with zero attached hydrogens (tertiary/aromatic N) is 1. The summed E-state index contributed by atoms with van der Waals surface area (Å²) in [7, 11) is 0. The lowest BCUT2D eigenvalue weighted by molar-refractivity contribution is -0.115. The number of hydrogen-bond donors (Lipinski definition) is 2. The molecule has 3 N–H and O–H groups in total. The van der Waals surface area contributed by atoms with Crippen LogP contribution < -0.4 is 11.1 Å². The molecule has 102 valence electrons. The lowest BCUT2D eigenvalue weighted by atomic mass is 10.2. The molecule has 0 aliphatic carbocycles. The maximum atomic E-state index is 11.7. The highest BCUT2D eigenvalue weighted by atomic mass is 16.2. The van der Waals surface area contributed by atoms with Gasteiger partial charge in [0, 0.05) is 24.1 Å². The van der Waals surface area contributed by atoms with E-state index in [0.29, 0.717) is 5.69 Å². The zero-order chi connectivity index (χ0) is 14.7. The molecule has 0 aliphatic rings. The van der Waals surface area contributed by atoms with Gasteiger partial charge >= 0.3 is 6.03 Å². The van der Waals surface area contributed by atoms with E-state index >= 15 is 0 Å². The Morgan fingerprint density at radius 1 is 1.25 bits per heavy atom. The predicted octanol–water partition coefficient (Wildman–Crippen LogP) is 1.51. The Balaban J connectivity index is 2.41. The van der Waals surface area contributed by atoms with Crippen LogP contribution in [-0.4, -0.2) is 22.4 Å². The molecule has 0 aliphatic heterocycles. The number of fused-ring (bicyclic) bond motifs is 1. The predicted molar refractivity (Wildman–Crippen MR) is 75.0 cm³/mol. The van der Waals surface area contributed by atoms with Crippen molar-refractivity contribution in [2.75, 3.05) is 0 Å². The lowest BCUT2D eigenvalue weighted by Gasteiger charge is -2.02. The highest BCUT2D eigenvalue weighted by Crippen LogP contribution is 2.20. The smallest absolute Gasteiger partial charge is 0.319 e. The van der Waals surface area contributed by atoms with Crippen LogP contribution in [0.1, 0.15) is 17.4 Å². The molecule has 6 heteroatoms. The molecule has 1 heterocycles. The fourth-order valence-corrected chi connectivity index (χ4v) is 1.97. The molecule has 0 unspecified atom stereocenters. The van der Waals surface area contributed by atoms with Gasteiger partial charge in [0.05, 0.1) is 5.52 Å². The standard InChI is InChI=1S/C14H13N3O3/c1-9(18)17-11(6-7-13(19)16-14(15)20)8-10-4-2-3-5-12(10)17/h2-8H,1H3,(H3,15,16,19,20). The molecule has 6 nitrogen and oxygen atoms in total. The molecular formula is C14H13N3O3. The maximum absolute atomic E-state index is 11.7. The van der Waals surface area contributed by atoms with Crippen molar-refractivity contribution in [3.8, 4) is 0 Å². The monoisotopic (exact) mass is 271 g/mol. The quantitative estimate of drug-likeness (QED) is 0.810. The van der Waals surface area contributed by atoms with Crippen LogP contribution in [-0.2, 0) is 4.79 Å². The molecule has 0 atom stereocenters. The number of carbonyl (C=O) groups is 3. The number of para-hydroxylation sites is 1. The minimum atomic E-state index is -0.924. The third-order valence-electron chi connectivity index (χ3n) is 2.71. The van der Waals surface area contributed by atoms with Crippen molar-refractivity contribution in [1.29, 1.82) is 0 Å². The van der Waals surface area contributed by atoms with E-state index in [0.717, 1.165) is 17.0 Å². The Labute approximate surface area is 114 Å². The van der Waals surface area contributed by atoms with Crippen LogP contribution in [0, 0.1) is 0 Å². The highest BCUT2D eigenvalue weighted by molar-refractivity contribution is 6.03. The van der Waals surface area contributed by atoms with Gasteiger partial charge in [0.2, 0.25) is 5.91 Å². The van der Waals surface area contributed by atoms with Crippen molar-refractivity contribution in [2.24, 2.45) is 5.73 Å². The molecule has 20 heavy (non-hydrogen) atoms. The summed E-state index contributed by atoms with van der Waals surface area (Å²) in [6.45, 7) is 1.44. The van der Waals surface area contributed by atoms with Gasteiger partial charge in [-0.15, -0.1) is 0 Å². The molecule has 1 aromatic carbocycles. The first kappa shape index (κ1) is 13.5. The molecule has 2 rings (SSSR count). The molecule has 0 saturated heterocycles. The number of urea groups is 1. The zero-order valence-electron chi connectivity index (χ0n) is 10.8. The second-order valence-electron chi connectivity index (χ2n) is 4.17. The van der Waals surface area contributed by atoms with E-state index in [2.05, 4.69) is 0 Å². The Morgan fingerprint density at radius 2 is 1.95 bits per heavy atom. The van der Waals surface area contributed by atoms with Crippen molar-refractivity contribution in [3.05, 3.63) is 42.1 Å². The van der Waals surface area contributed by atoms with Gasteiger partial charge in [-0.25, -0.2) is 4.79 Å². The number of hydrogen-bond acceptors (Lipinski definition) is 3. The number of amides is 3. The van der Waals surface area contributed by atoms with Gasteiger partial charge in [-0.1, -0.05) is 18.2 Å². The molecular weight excluding hydrogens is 258 g/mol. The average Bonchev–Trinajstić information content (AvgIpc) is 2.73. The number of aromatic nitrogens is 1. The third-order valence-corrected chi connectivity index (χ3v) is 2.71. The van der Waals surface area contributed by atoms with Gasteiger partial charge in [0.1, 0.15) is 0 Å². The van der Waals surface area contributed by atoms with Gasteiger partial charge in [-0.3, -0.25) is 19.5 Å². The third kappa shape index (κ3) is 2.74. The fraction of sp³-hybridized carbons (Fsp3) is 0.0714. The van der Waals surface area contributed by atoms with Crippen LogP contribution in [0.4, 0.5) is 4.79 Å². The molecule has 0 fully saturated rings. The van der Waals surface area contributed by atoms with E-state index in [1.165, 1.54) is 17.6 Å². The van der Waals surface area contributed by atoms with Crippen LogP contribution in [0.2, 0.25) is 0 Å². The van der Waals surface area contributed by atoms with E-state index in [1.807, 2.05) is 29.6 Å². The fourth-order valence-electron chi connectivity index (χ4n) is 1.97. The summed E-state index contributed by atoms with van der Waals surface area (Å²) in [6, 6.07) is 8.24. The normalized spacial score (nSPS) is 10.8. The lowest BCUT2D eigenvalue weighted by Crippen LogP contribution is -2.33. The Hall–Kier alpha value is -2.89. The van der Waals surface area contributed by atoms with Gasteiger partial charge in [0.25, 0.3) is 5.91 Å². The van der Waals surface area contributed by atoms with Crippen molar-refractivity contribution in [2.45, 2.75) is 6.92 Å². The summed E-state index contributed by atoms with van der Waals surface area (Å²) in [6.07, 6.45) is 2.61. The van der Waals surface area contributed by atoms with Gasteiger partial charge in [-0.05, 0) is 18.2 Å². The number of nitrogens with two attached hydrogens (primary N) is 1. The first-order chi connectivity index (χ1) is 9.49. The van der Waals surface area contributed by atoms with E-state index in [9.17, 15) is 14.4 Å². The summed E-state index contributed by atoms with van der Waals surface area (Å²) >= 11 is 0. The minimum Gasteiger partial charge on any atom is -0.351 e. The number of nitrogens with one attached hydrogen (secondary N) is 1. The van der Waals surface area contributed by atoms with Crippen molar-refractivity contribution < 1.29 is 14.4 Å². The van der Waals surface area contributed by atoms with Crippen LogP contribution in [0.15, 0.2) is 36.4 Å². The maximum Gasteiger partial charge on any atom is 0.319 e. The molecule has 0 radical (unpaired) electrons. The summed E-state index contributed by atoms with van der Waals surface area (Å²) in [5, 5.41) is 2.80. The molecule has 1 aromatic heterocycles. The summed E-state index contributed by atoms with van der Waals surface area (Å²) < 4.78 is 1.49. The Morgan fingerprint density at radius 3 is 2.60 bits per heavy atom. The summed E-state index contributed by atoms with van der Waals surface area (Å²) in [5.41, 5.74) is 6.15. The van der Waals surface area contributed by atoms with Crippen LogP contribution in [0.5, 0.6) is 0 Å². The summed E-state index contributed by atoms with van der Waals surface area (Å²) in [4.78, 5) is 33.6. The van der Waals surface area contributed by atoms with E-state index < -0.39 is 11.9 Å². The van der Waals surface area contributed by atoms with Crippen molar-refractivity contribution >= 4 is 34.8 Å². The minimum absolute atomic E-state index is 0.166. The number of imide groups is 1. The second kappa shape index (κ2) is 5.40. The topological polar surface area (TPSA) is 94.2 Å². The molecule has 3 amide bonds. The molecule has 0 saturated carbocycles. The average molecular weight is 271 g/mol. The van der Waals surface area contributed by atoms with Gasteiger partial charge in [-0.2, -0.15) is 0 Å². The molecule has 0 spiro atoms.